The van der Waals surface area contributed by atoms with E-state index in [9.17, 15) is 4.79 Å². The molecule has 4 aliphatic rings. The van der Waals surface area contributed by atoms with E-state index < -0.39 is 0 Å². The van der Waals surface area contributed by atoms with Crippen LogP contribution >= 0.6 is 23.2 Å². The monoisotopic (exact) mass is 545 g/mol. The zero-order chi connectivity index (χ0) is 25.9. The molecular formula is C30H29Cl2N5O. The molecule has 1 N–H and O–H groups in total. The summed E-state index contributed by atoms with van der Waals surface area (Å²) in [5, 5.41) is 13.7. The van der Waals surface area contributed by atoms with Gasteiger partial charge in [-0.25, -0.2) is 4.68 Å². The summed E-state index contributed by atoms with van der Waals surface area (Å²) in [6.07, 6.45) is 11.0. The van der Waals surface area contributed by atoms with Gasteiger partial charge in [-0.1, -0.05) is 59.6 Å². The van der Waals surface area contributed by atoms with Crippen molar-refractivity contribution in [3.8, 4) is 5.69 Å². The summed E-state index contributed by atoms with van der Waals surface area (Å²) in [4.78, 5) is 13.9. The third-order valence-corrected chi connectivity index (χ3v) is 9.40. The van der Waals surface area contributed by atoms with Crippen LogP contribution in [-0.2, 0) is 12.0 Å². The Morgan fingerprint density at radius 3 is 2.21 bits per heavy atom. The first-order valence-corrected chi connectivity index (χ1v) is 14.1. The van der Waals surface area contributed by atoms with Crippen molar-refractivity contribution in [1.82, 2.24) is 19.6 Å². The molecule has 4 bridgehead atoms. The molecule has 4 saturated carbocycles. The number of nitrogens with zero attached hydrogens (tertiary/aromatic N) is 4. The number of aromatic nitrogens is 4. The molecule has 1 amide bonds. The number of rotatable bonds is 6. The van der Waals surface area contributed by atoms with Crippen LogP contribution in [0.2, 0.25) is 10.0 Å². The minimum absolute atomic E-state index is 0.0331. The van der Waals surface area contributed by atoms with Gasteiger partial charge in [0.25, 0.3) is 5.91 Å². The van der Waals surface area contributed by atoms with Crippen LogP contribution in [0.3, 0.4) is 0 Å². The number of para-hydroxylation sites is 1. The molecule has 6 nitrogen and oxygen atoms in total. The first kappa shape index (κ1) is 24.0. The molecule has 4 aromatic rings. The van der Waals surface area contributed by atoms with Crippen molar-refractivity contribution in [2.24, 2.45) is 17.8 Å². The van der Waals surface area contributed by atoms with Crippen LogP contribution in [0.5, 0.6) is 0 Å². The molecule has 2 aromatic carbocycles. The lowest BCUT2D eigenvalue weighted by atomic mass is 9.48. The lowest BCUT2D eigenvalue weighted by Gasteiger charge is -2.56. The van der Waals surface area contributed by atoms with E-state index in [1.54, 1.807) is 10.9 Å². The van der Waals surface area contributed by atoms with Crippen LogP contribution in [0.25, 0.3) is 5.69 Å². The van der Waals surface area contributed by atoms with Crippen molar-refractivity contribution in [1.29, 1.82) is 0 Å². The fraction of sp³-hybridized carbons (Fsp3) is 0.367. The fourth-order valence-electron chi connectivity index (χ4n) is 7.58. The highest BCUT2D eigenvalue weighted by molar-refractivity contribution is 6.33. The Kier molecular flexibility index (Phi) is 5.86. The molecule has 0 aliphatic heterocycles. The van der Waals surface area contributed by atoms with Gasteiger partial charge in [0.1, 0.15) is 5.02 Å². The van der Waals surface area contributed by atoms with Gasteiger partial charge in [-0.2, -0.15) is 10.2 Å². The van der Waals surface area contributed by atoms with Gasteiger partial charge in [0.05, 0.1) is 23.5 Å². The molecule has 8 rings (SSSR count). The summed E-state index contributed by atoms with van der Waals surface area (Å²) in [5.41, 5.74) is 3.39. The van der Waals surface area contributed by atoms with Gasteiger partial charge in [-0.05, 0) is 80.0 Å². The standard InChI is InChI=1S/C30H29Cl2N5O/c31-25-9-5-4-6-22(25)16-36-18-26(32)28(35-36)33-29(38)24-17-37(23-7-2-1-3-8-23)34-27(24)30-13-19-10-20(14-30)12-21(11-19)15-30/h1-9,17-21H,10-16H2,(H,33,35,38). The van der Waals surface area contributed by atoms with Crippen molar-refractivity contribution < 1.29 is 4.79 Å². The molecule has 0 unspecified atom stereocenters. The molecule has 2 heterocycles. The molecule has 0 radical (unpaired) electrons. The van der Waals surface area contributed by atoms with Gasteiger partial charge in [0.15, 0.2) is 5.82 Å². The lowest BCUT2D eigenvalue weighted by molar-refractivity contribution is -0.00765. The summed E-state index contributed by atoms with van der Waals surface area (Å²) in [6, 6.07) is 17.6. The van der Waals surface area contributed by atoms with E-state index in [1.165, 1.54) is 19.3 Å². The first-order chi connectivity index (χ1) is 18.5. The molecule has 0 saturated heterocycles. The van der Waals surface area contributed by atoms with E-state index in [0.717, 1.165) is 54.0 Å². The minimum atomic E-state index is -0.220. The third kappa shape index (κ3) is 4.24. The normalized spacial score (nSPS) is 25.6. The van der Waals surface area contributed by atoms with Crippen LogP contribution < -0.4 is 5.32 Å². The van der Waals surface area contributed by atoms with Gasteiger partial charge in [-0.3, -0.25) is 9.48 Å². The fourth-order valence-corrected chi connectivity index (χ4v) is 7.98. The predicted molar refractivity (Wildman–Crippen MR) is 149 cm³/mol. The maximum atomic E-state index is 13.9. The zero-order valence-electron chi connectivity index (χ0n) is 21.0. The van der Waals surface area contributed by atoms with Gasteiger partial charge in [0, 0.05) is 22.8 Å². The molecule has 38 heavy (non-hydrogen) atoms. The van der Waals surface area contributed by atoms with Crippen LogP contribution in [0.1, 0.15) is 60.1 Å². The Balaban J connectivity index is 1.22. The van der Waals surface area contributed by atoms with Crippen molar-refractivity contribution >= 4 is 34.9 Å². The van der Waals surface area contributed by atoms with Crippen LogP contribution in [-0.4, -0.2) is 25.5 Å². The van der Waals surface area contributed by atoms with Gasteiger partial charge in [0.2, 0.25) is 0 Å². The Morgan fingerprint density at radius 2 is 1.53 bits per heavy atom. The molecule has 8 heteroatoms. The first-order valence-electron chi connectivity index (χ1n) is 13.4. The number of benzene rings is 2. The number of amides is 1. The van der Waals surface area contributed by atoms with Gasteiger partial charge >= 0.3 is 0 Å². The molecule has 0 spiro atoms. The van der Waals surface area contributed by atoms with Crippen molar-refractivity contribution in [3.63, 3.8) is 0 Å². The summed E-state index contributed by atoms with van der Waals surface area (Å²) < 4.78 is 3.56. The maximum absolute atomic E-state index is 13.9. The number of hydrogen-bond acceptors (Lipinski definition) is 3. The van der Waals surface area contributed by atoms with Gasteiger partial charge < -0.3 is 5.32 Å². The molecule has 2 aromatic heterocycles. The summed E-state index contributed by atoms with van der Waals surface area (Å²) in [6.45, 7) is 0.458. The van der Waals surface area contributed by atoms with E-state index in [4.69, 9.17) is 28.3 Å². The topological polar surface area (TPSA) is 64.7 Å². The van der Waals surface area contributed by atoms with E-state index >= 15 is 0 Å². The second-order valence-corrected chi connectivity index (χ2v) is 12.3. The number of carbonyl (C=O) groups is 1. The second-order valence-electron chi connectivity index (χ2n) is 11.4. The molecule has 0 atom stereocenters. The summed E-state index contributed by atoms with van der Waals surface area (Å²) in [5.74, 6) is 2.35. The van der Waals surface area contributed by atoms with Crippen LogP contribution in [0.4, 0.5) is 5.82 Å². The number of nitrogens with one attached hydrogen (secondary N) is 1. The highest BCUT2D eigenvalue weighted by Gasteiger charge is 2.54. The van der Waals surface area contributed by atoms with Crippen molar-refractivity contribution in [3.05, 3.63) is 93.9 Å². The maximum Gasteiger partial charge on any atom is 0.260 e. The Bertz CT molecular complexity index is 1470. The Labute approximate surface area is 231 Å². The van der Waals surface area contributed by atoms with E-state index in [0.29, 0.717) is 28.0 Å². The zero-order valence-corrected chi connectivity index (χ0v) is 22.5. The largest absolute Gasteiger partial charge is 0.304 e. The minimum Gasteiger partial charge on any atom is -0.304 e. The SMILES string of the molecule is O=C(Nc1nn(Cc2ccccc2Cl)cc1Cl)c1cn(-c2ccccc2)nc1C12CC3CC(CC(C3)C1)C2. The van der Waals surface area contributed by atoms with E-state index in [1.807, 2.05) is 65.5 Å². The number of halogens is 2. The van der Waals surface area contributed by atoms with Crippen molar-refractivity contribution in [2.45, 2.75) is 50.5 Å². The van der Waals surface area contributed by atoms with Crippen LogP contribution in [0, 0.1) is 17.8 Å². The quantitative estimate of drug-likeness (QED) is 0.280. The molecular weight excluding hydrogens is 517 g/mol. The smallest absolute Gasteiger partial charge is 0.260 e. The summed E-state index contributed by atoms with van der Waals surface area (Å²) in [7, 11) is 0. The van der Waals surface area contributed by atoms with Crippen molar-refractivity contribution in [2.75, 3.05) is 5.32 Å². The Hall–Kier alpha value is -3.09. The Morgan fingerprint density at radius 1 is 0.868 bits per heavy atom. The number of carbonyl (C=O) groups excluding carboxylic acids is 1. The van der Waals surface area contributed by atoms with Crippen LogP contribution in [0.15, 0.2) is 67.0 Å². The lowest BCUT2D eigenvalue weighted by Crippen LogP contribution is -2.49. The highest BCUT2D eigenvalue weighted by Crippen LogP contribution is 2.61. The predicted octanol–water partition coefficient (Wildman–Crippen LogP) is 7.14. The van der Waals surface area contributed by atoms with E-state index in [-0.39, 0.29) is 11.3 Å². The third-order valence-electron chi connectivity index (χ3n) is 8.76. The number of hydrogen-bond donors (Lipinski definition) is 1. The average molecular weight is 547 g/mol. The van der Waals surface area contributed by atoms with E-state index in [2.05, 4.69) is 10.4 Å². The molecule has 4 fully saturated rings. The molecule has 194 valence electrons. The highest BCUT2D eigenvalue weighted by atomic mass is 35.5. The second kappa shape index (κ2) is 9.28. The average Bonchev–Trinajstić information content (AvgIpc) is 3.50. The molecule has 4 aliphatic carbocycles. The van der Waals surface area contributed by atoms with Gasteiger partial charge in [-0.15, -0.1) is 0 Å². The number of anilines is 1. The summed E-state index contributed by atoms with van der Waals surface area (Å²) >= 11 is 12.9.